The minimum atomic E-state index is -0.342. The molecule has 0 amide bonds. The Kier molecular flexibility index (Phi) is 3.70. The fourth-order valence-corrected chi connectivity index (χ4v) is 2.73. The number of halogens is 1. The van der Waals surface area contributed by atoms with Crippen molar-refractivity contribution in [1.29, 1.82) is 0 Å². The number of aryl methyl sites for hydroxylation is 1. The molecule has 2 heterocycles. The van der Waals surface area contributed by atoms with E-state index in [4.69, 9.17) is 0 Å². The van der Waals surface area contributed by atoms with Crippen LogP contribution >= 0.6 is 11.8 Å². The van der Waals surface area contributed by atoms with Crippen molar-refractivity contribution in [3.8, 4) is 0 Å². The number of fused-ring (bicyclic) bond motifs is 1. The van der Waals surface area contributed by atoms with Gasteiger partial charge in [0.2, 0.25) is 0 Å². The smallest absolute Gasteiger partial charge is 0.251 e. The molecule has 106 valence electrons. The van der Waals surface area contributed by atoms with Crippen molar-refractivity contribution in [2.75, 3.05) is 0 Å². The van der Waals surface area contributed by atoms with Crippen molar-refractivity contribution in [3.63, 3.8) is 0 Å². The number of benzene rings is 1. The summed E-state index contributed by atoms with van der Waals surface area (Å²) < 4.78 is 14.3. The maximum absolute atomic E-state index is 12.8. The topological polar surface area (TPSA) is 47.3 Å². The molecule has 0 aliphatic rings. The Labute approximate surface area is 124 Å². The molecule has 3 aromatic rings. The van der Waals surface area contributed by atoms with Gasteiger partial charge >= 0.3 is 5.69 Å². The van der Waals surface area contributed by atoms with Crippen LogP contribution in [0.4, 0.5) is 4.39 Å². The number of thioether (sulfide) groups is 1. The molecule has 0 radical (unpaired) electrons. The molecule has 0 spiro atoms. The van der Waals surface area contributed by atoms with Crippen LogP contribution in [-0.2, 0) is 5.75 Å². The van der Waals surface area contributed by atoms with Crippen LogP contribution in [0.1, 0.15) is 11.1 Å². The van der Waals surface area contributed by atoms with E-state index in [1.807, 2.05) is 13.0 Å². The molecule has 0 aliphatic heterocycles. The Morgan fingerprint density at radius 3 is 2.71 bits per heavy atom. The third-order valence-corrected chi connectivity index (χ3v) is 3.96. The quantitative estimate of drug-likeness (QED) is 0.698. The van der Waals surface area contributed by atoms with Gasteiger partial charge in [0.05, 0.1) is 0 Å². The molecule has 3 rings (SSSR count). The van der Waals surface area contributed by atoms with Crippen LogP contribution in [0.2, 0.25) is 0 Å². The summed E-state index contributed by atoms with van der Waals surface area (Å²) in [7, 11) is 0. The zero-order valence-corrected chi connectivity index (χ0v) is 12.1. The summed E-state index contributed by atoms with van der Waals surface area (Å²) in [6, 6.07) is 9.93. The fourth-order valence-electron chi connectivity index (χ4n) is 1.95. The van der Waals surface area contributed by atoms with Crippen LogP contribution in [-0.4, -0.2) is 14.4 Å². The first-order chi connectivity index (χ1) is 10.1. The third kappa shape index (κ3) is 2.95. The summed E-state index contributed by atoms with van der Waals surface area (Å²) in [6.07, 6.45) is 1.65. The molecule has 4 nitrogen and oxygen atoms in total. The van der Waals surface area contributed by atoms with Gasteiger partial charge in [-0.3, -0.25) is 4.40 Å². The highest BCUT2D eigenvalue weighted by Crippen LogP contribution is 2.19. The van der Waals surface area contributed by atoms with E-state index in [0.29, 0.717) is 16.6 Å². The summed E-state index contributed by atoms with van der Waals surface area (Å²) in [5.41, 5.74) is 2.14. The third-order valence-electron chi connectivity index (χ3n) is 3.04. The highest BCUT2D eigenvalue weighted by atomic mass is 32.2. The van der Waals surface area contributed by atoms with E-state index in [0.717, 1.165) is 11.1 Å². The predicted octanol–water partition coefficient (Wildman–Crippen LogP) is 2.83. The molecule has 0 bridgehead atoms. The van der Waals surface area contributed by atoms with E-state index in [1.54, 1.807) is 24.4 Å². The van der Waals surface area contributed by atoms with Crippen molar-refractivity contribution in [2.45, 2.75) is 17.8 Å². The summed E-state index contributed by atoms with van der Waals surface area (Å²) in [5, 5.41) is 0.429. The second-order valence-corrected chi connectivity index (χ2v) is 5.53. The van der Waals surface area contributed by atoms with E-state index < -0.39 is 0 Å². The van der Waals surface area contributed by atoms with Gasteiger partial charge in [0, 0.05) is 11.9 Å². The minimum absolute atomic E-state index is 0.264. The number of aromatic nitrogens is 3. The lowest BCUT2D eigenvalue weighted by molar-refractivity contribution is 0.627. The second-order valence-electron chi connectivity index (χ2n) is 4.59. The minimum Gasteiger partial charge on any atom is -0.251 e. The summed E-state index contributed by atoms with van der Waals surface area (Å²) in [5.74, 6) is 0.321. The number of hydrogen-bond acceptors (Lipinski definition) is 4. The van der Waals surface area contributed by atoms with Crippen LogP contribution < -0.4 is 5.69 Å². The summed E-state index contributed by atoms with van der Waals surface area (Å²) in [4.78, 5) is 20.3. The van der Waals surface area contributed by atoms with Gasteiger partial charge in [-0.15, -0.1) is 0 Å². The Hall–Kier alpha value is -2.21. The molecule has 0 saturated heterocycles. The zero-order valence-electron chi connectivity index (χ0n) is 11.3. The molecule has 21 heavy (non-hydrogen) atoms. The monoisotopic (exact) mass is 301 g/mol. The average Bonchev–Trinajstić information content (AvgIpc) is 2.48. The molecule has 0 fully saturated rings. The molecule has 6 heteroatoms. The number of pyridine rings is 1. The number of nitrogens with zero attached hydrogens (tertiary/aromatic N) is 3. The molecular formula is C15H12FN3OS. The first-order valence-corrected chi connectivity index (χ1v) is 7.35. The van der Waals surface area contributed by atoms with Crippen LogP contribution in [0, 0.1) is 12.7 Å². The molecule has 2 aromatic heterocycles. The van der Waals surface area contributed by atoms with E-state index in [-0.39, 0.29) is 11.5 Å². The van der Waals surface area contributed by atoms with Gasteiger partial charge in [0.15, 0.2) is 5.16 Å². The molecule has 0 atom stereocenters. The maximum atomic E-state index is 12.8. The van der Waals surface area contributed by atoms with Gasteiger partial charge in [-0.25, -0.2) is 14.2 Å². The Morgan fingerprint density at radius 2 is 1.95 bits per heavy atom. The average molecular weight is 301 g/mol. The van der Waals surface area contributed by atoms with Crippen molar-refractivity contribution in [2.24, 2.45) is 0 Å². The summed E-state index contributed by atoms with van der Waals surface area (Å²) in [6.45, 7) is 1.90. The molecule has 0 unspecified atom stereocenters. The van der Waals surface area contributed by atoms with Crippen LogP contribution in [0.25, 0.3) is 5.65 Å². The van der Waals surface area contributed by atoms with Crippen molar-refractivity contribution < 1.29 is 4.39 Å². The number of rotatable bonds is 3. The van der Waals surface area contributed by atoms with Gasteiger partial charge in [0.1, 0.15) is 11.5 Å². The van der Waals surface area contributed by atoms with Crippen molar-refractivity contribution in [1.82, 2.24) is 14.4 Å². The lowest BCUT2D eigenvalue weighted by Crippen LogP contribution is -2.19. The van der Waals surface area contributed by atoms with Crippen molar-refractivity contribution >= 4 is 17.4 Å². The molecule has 0 N–H and O–H groups in total. The van der Waals surface area contributed by atoms with Gasteiger partial charge in [0.25, 0.3) is 0 Å². The Balaban J connectivity index is 1.89. The largest absolute Gasteiger partial charge is 0.355 e. The van der Waals surface area contributed by atoms with E-state index in [9.17, 15) is 9.18 Å². The molecule has 0 saturated carbocycles. The van der Waals surface area contributed by atoms with Crippen molar-refractivity contribution in [3.05, 3.63) is 70.0 Å². The van der Waals surface area contributed by atoms with E-state index in [2.05, 4.69) is 9.97 Å². The first-order valence-electron chi connectivity index (χ1n) is 6.37. The molecule has 1 aromatic carbocycles. The van der Waals surface area contributed by atoms with Crippen LogP contribution in [0.15, 0.2) is 52.5 Å². The molecule has 0 aliphatic carbocycles. The lowest BCUT2D eigenvalue weighted by Gasteiger charge is -2.05. The normalized spacial score (nSPS) is 11.0. The highest BCUT2D eigenvalue weighted by molar-refractivity contribution is 7.98. The van der Waals surface area contributed by atoms with Gasteiger partial charge in [-0.05, 0) is 36.2 Å². The lowest BCUT2D eigenvalue weighted by atomic mass is 10.2. The second kappa shape index (κ2) is 5.65. The Bertz CT molecular complexity index is 846. The Morgan fingerprint density at radius 1 is 1.19 bits per heavy atom. The van der Waals surface area contributed by atoms with Crippen LogP contribution in [0.5, 0.6) is 0 Å². The van der Waals surface area contributed by atoms with E-state index >= 15 is 0 Å². The van der Waals surface area contributed by atoms with Gasteiger partial charge < -0.3 is 0 Å². The number of hydrogen-bond donors (Lipinski definition) is 0. The van der Waals surface area contributed by atoms with Crippen LogP contribution in [0.3, 0.4) is 0 Å². The van der Waals surface area contributed by atoms with E-state index in [1.165, 1.54) is 28.3 Å². The SMILES string of the molecule is Cc1cccn2c(=O)nc(SCc3ccc(F)cc3)nc12. The fraction of sp³-hybridized carbons (Fsp3) is 0.133. The molecular weight excluding hydrogens is 289 g/mol. The van der Waals surface area contributed by atoms with Gasteiger partial charge in [-0.2, -0.15) is 4.98 Å². The zero-order chi connectivity index (χ0) is 14.8. The standard InChI is InChI=1S/C15H12FN3OS/c1-10-3-2-8-19-13(10)17-14(18-15(19)20)21-9-11-4-6-12(16)7-5-11/h2-8H,9H2,1H3. The first kappa shape index (κ1) is 13.8. The highest BCUT2D eigenvalue weighted by Gasteiger charge is 2.06. The van der Waals surface area contributed by atoms with Gasteiger partial charge in [-0.1, -0.05) is 30.0 Å². The maximum Gasteiger partial charge on any atom is 0.355 e. The predicted molar refractivity (Wildman–Crippen MR) is 80.0 cm³/mol. The summed E-state index contributed by atoms with van der Waals surface area (Å²) >= 11 is 1.36.